The number of rotatable bonds is 4. The van der Waals surface area contributed by atoms with Gasteiger partial charge in [0.15, 0.2) is 0 Å². The van der Waals surface area contributed by atoms with Gasteiger partial charge in [0.05, 0.1) is 10.7 Å². The summed E-state index contributed by atoms with van der Waals surface area (Å²) in [7, 11) is 0. The standard InChI is InChI=1S/C16H21N5OS/c1-11-17-13(10-23-11)9-20-4-6-21(7-5-20)16(22)15-8-14(18-19-15)12-2-3-12/h8,10,12H,2-7,9H2,1H3,(H,18,19). The number of aromatic amines is 1. The fraction of sp³-hybridized carbons (Fsp3) is 0.562. The van der Waals surface area contributed by atoms with Crippen molar-refractivity contribution in [2.24, 2.45) is 0 Å². The second-order valence-corrected chi connectivity index (χ2v) is 7.47. The van der Waals surface area contributed by atoms with E-state index < -0.39 is 0 Å². The van der Waals surface area contributed by atoms with Crippen molar-refractivity contribution >= 4 is 17.2 Å². The number of hydrogen-bond acceptors (Lipinski definition) is 5. The zero-order valence-electron chi connectivity index (χ0n) is 13.3. The molecule has 1 amide bonds. The highest BCUT2D eigenvalue weighted by atomic mass is 32.1. The van der Waals surface area contributed by atoms with E-state index in [1.807, 2.05) is 17.9 Å². The molecule has 0 atom stereocenters. The van der Waals surface area contributed by atoms with Crippen LogP contribution in [0.25, 0.3) is 0 Å². The fourth-order valence-corrected chi connectivity index (χ4v) is 3.63. The molecule has 2 fully saturated rings. The van der Waals surface area contributed by atoms with E-state index in [0.29, 0.717) is 11.6 Å². The van der Waals surface area contributed by atoms with Crippen LogP contribution in [0.3, 0.4) is 0 Å². The number of amides is 1. The molecular formula is C16H21N5OS. The van der Waals surface area contributed by atoms with Crippen molar-refractivity contribution < 1.29 is 4.79 Å². The maximum atomic E-state index is 12.5. The Morgan fingerprint density at radius 1 is 1.35 bits per heavy atom. The zero-order valence-corrected chi connectivity index (χ0v) is 14.1. The van der Waals surface area contributed by atoms with Crippen LogP contribution in [0.5, 0.6) is 0 Å². The Hall–Kier alpha value is -1.73. The minimum atomic E-state index is 0.0531. The molecule has 0 spiro atoms. The van der Waals surface area contributed by atoms with Crippen LogP contribution >= 0.6 is 11.3 Å². The first-order valence-corrected chi connectivity index (χ1v) is 9.05. The Labute approximate surface area is 139 Å². The van der Waals surface area contributed by atoms with Gasteiger partial charge in [-0.3, -0.25) is 14.8 Å². The van der Waals surface area contributed by atoms with Crippen molar-refractivity contribution in [2.45, 2.75) is 32.2 Å². The van der Waals surface area contributed by atoms with Gasteiger partial charge in [-0.2, -0.15) is 5.10 Å². The number of nitrogens with zero attached hydrogens (tertiary/aromatic N) is 4. The van der Waals surface area contributed by atoms with Crippen LogP contribution in [0.1, 0.15) is 45.6 Å². The second kappa shape index (κ2) is 6.05. The molecule has 1 N–H and O–H groups in total. The van der Waals surface area contributed by atoms with E-state index in [9.17, 15) is 4.79 Å². The molecule has 1 aliphatic heterocycles. The predicted octanol–water partition coefficient (Wildman–Crippen LogP) is 2.01. The van der Waals surface area contributed by atoms with Crippen molar-refractivity contribution in [2.75, 3.05) is 26.2 Å². The predicted molar refractivity (Wildman–Crippen MR) is 88.6 cm³/mol. The summed E-state index contributed by atoms with van der Waals surface area (Å²) in [6, 6.07) is 1.93. The van der Waals surface area contributed by atoms with E-state index in [2.05, 4.69) is 25.5 Å². The number of hydrogen-bond donors (Lipinski definition) is 1. The number of H-pyrrole nitrogens is 1. The van der Waals surface area contributed by atoms with E-state index in [-0.39, 0.29) is 5.91 Å². The lowest BCUT2D eigenvalue weighted by atomic mass is 10.2. The third-order valence-corrected chi connectivity index (χ3v) is 5.37. The molecule has 1 saturated carbocycles. The Balaban J connectivity index is 1.32. The first kappa shape index (κ1) is 14.8. The summed E-state index contributed by atoms with van der Waals surface area (Å²) in [6.45, 7) is 6.21. The summed E-state index contributed by atoms with van der Waals surface area (Å²) >= 11 is 1.69. The number of carbonyl (C=O) groups is 1. The number of carbonyl (C=O) groups excluding carboxylic acids is 1. The van der Waals surface area contributed by atoms with Crippen LogP contribution in [-0.2, 0) is 6.54 Å². The van der Waals surface area contributed by atoms with Crippen LogP contribution < -0.4 is 0 Å². The first-order chi connectivity index (χ1) is 11.2. The van der Waals surface area contributed by atoms with Gasteiger partial charge in [0.2, 0.25) is 0 Å². The van der Waals surface area contributed by atoms with E-state index >= 15 is 0 Å². The first-order valence-electron chi connectivity index (χ1n) is 8.17. The van der Waals surface area contributed by atoms with E-state index in [0.717, 1.165) is 49.1 Å². The van der Waals surface area contributed by atoms with Crippen LogP contribution in [-0.4, -0.2) is 57.1 Å². The molecule has 3 heterocycles. The molecule has 1 saturated heterocycles. The van der Waals surface area contributed by atoms with E-state index in [1.54, 1.807) is 11.3 Å². The van der Waals surface area contributed by atoms with E-state index in [4.69, 9.17) is 0 Å². The third kappa shape index (κ3) is 3.30. The van der Waals surface area contributed by atoms with Gasteiger partial charge in [-0.1, -0.05) is 0 Å². The molecule has 0 radical (unpaired) electrons. The summed E-state index contributed by atoms with van der Waals surface area (Å²) in [5.74, 6) is 0.653. The van der Waals surface area contributed by atoms with Crippen LogP contribution in [0.15, 0.2) is 11.4 Å². The van der Waals surface area contributed by atoms with Gasteiger partial charge >= 0.3 is 0 Å². The topological polar surface area (TPSA) is 65.1 Å². The summed E-state index contributed by atoms with van der Waals surface area (Å²) in [5.41, 5.74) is 2.81. The number of thiazole rings is 1. The van der Waals surface area contributed by atoms with Gasteiger partial charge in [-0.25, -0.2) is 4.98 Å². The van der Waals surface area contributed by atoms with Crippen molar-refractivity contribution in [3.63, 3.8) is 0 Å². The fourth-order valence-electron chi connectivity index (χ4n) is 3.03. The maximum Gasteiger partial charge on any atom is 0.274 e. The number of aryl methyl sites for hydroxylation is 1. The molecule has 0 unspecified atom stereocenters. The molecular weight excluding hydrogens is 310 g/mol. The highest BCUT2D eigenvalue weighted by Gasteiger charge is 2.28. The quantitative estimate of drug-likeness (QED) is 0.931. The van der Waals surface area contributed by atoms with E-state index in [1.165, 1.54) is 12.8 Å². The van der Waals surface area contributed by atoms with Crippen LogP contribution in [0.2, 0.25) is 0 Å². The minimum Gasteiger partial charge on any atom is -0.335 e. The van der Waals surface area contributed by atoms with Crippen molar-refractivity contribution in [1.29, 1.82) is 0 Å². The van der Waals surface area contributed by atoms with Crippen LogP contribution in [0.4, 0.5) is 0 Å². The van der Waals surface area contributed by atoms with Crippen molar-refractivity contribution in [3.05, 3.63) is 33.5 Å². The summed E-state index contributed by atoms with van der Waals surface area (Å²) < 4.78 is 0. The molecule has 122 valence electrons. The largest absolute Gasteiger partial charge is 0.335 e. The number of piperazine rings is 1. The molecule has 2 aliphatic rings. The van der Waals surface area contributed by atoms with Crippen molar-refractivity contribution in [3.8, 4) is 0 Å². The smallest absolute Gasteiger partial charge is 0.274 e. The van der Waals surface area contributed by atoms with Gasteiger partial charge in [-0.05, 0) is 25.8 Å². The third-order valence-electron chi connectivity index (χ3n) is 4.55. The van der Waals surface area contributed by atoms with Crippen molar-refractivity contribution in [1.82, 2.24) is 25.0 Å². The van der Waals surface area contributed by atoms with Gasteiger partial charge in [0.25, 0.3) is 5.91 Å². The molecule has 23 heavy (non-hydrogen) atoms. The number of aromatic nitrogens is 3. The molecule has 6 nitrogen and oxygen atoms in total. The average molecular weight is 331 g/mol. The Kier molecular flexibility index (Phi) is 3.90. The molecule has 0 aromatic carbocycles. The summed E-state index contributed by atoms with van der Waals surface area (Å²) in [6.07, 6.45) is 2.43. The Morgan fingerprint density at radius 2 is 2.13 bits per heavy atom. The molecule has 2 aromatic rings. The summed E-state index contributed by atoms with van der Waals surface area (Å²) in [4.78, 5) is 21.3. The van der Waals surface area contributed by atoms with Gasteiger partial charge in [0.1, 0.15) is 5.69 Å². The lowest BCUT2D eigenvalue weighted by Crippen LogP contribution is -2.48. The molecule has 2 aromatic heterocycles. The average Bonchev–Trinajstić information content (AvgIpc) is 3.15. The Morgan fingerprint density at radius 3 is 2.78 bits per heavy atom. The maximum absolute atomic E-state index is 12.5. The number of nitrogens with one attached hydrogen (secondary N) is 1. The highest BCUT2D eigenvalue weighted by molar-refractivity contribution is 7.09. The lowest BCUT2D eigenvalue weighted by Gasteiger charge is -2.34. The molecule has 0 bridgehead atoms. The zero-order chi connectivity index (χ0) is 15.8. The normalized spacial score (nSPS) is 19.3. The highest BCUT2D eigenvalue weighted by Crippen LogP contribution is 2.39. The molecule has 1 aliphatic carbocycles. The SMILES string of the molecule is Cc1nc(CN2CCN(C(=O)c3cc(C4CC4)[nH]n3)CC2)cs1. The van der Waals surface area contributed by atoms with Gasteiger partial charge in [-0.15, -0.1) is 11.3 Å². The molecule has 7 heteroatoms. The second-order valence-electron chi connectivity index (χ2n) is 6.41. The lowest BCUT2D eigenvalue weighted by molar-refractivity contribution is 0.0621. The monoisotopic (exact) mass is 331 g/mol. The van der Waals surface area contributed by atoms with Gasteiger partial charge < -0.3 is 4.90 Å². The molecule has 4 rings (SSSR count). The van der Waals surface area contributed by atoms with Gasteiger partial charge in [0, 0.05) is 49.7 Å². The van der Waals surface area contributed by atoms with Crippen LogP contribution in [0, 0.1) is 6.92 Å². The Bertz CT molecular complexity index is 697. The minimum absolute atomic E-state index is 0.0531. The summed E-state index contributed by atoms with van der Waals surface area (Å²) in [5, 5.41) is 10.5.